The van der Waals surface area contributed by atoms with Gasteiger partial charge in [0.1, 0.15) is 0 Å². The summed E-state index contributed by atoms with van der Waals surface area (Å²) in [5.74, 6) is 0. The molecule has 0 fully saturated rings. The van der Waals surface area contributed by atoms with Gasteiger partial charge in [-0.2, -0.15) is 0 Å². The highest BCUT2D eigenvalue weighted by atomic mass is 15.1. The highest BCUT2D eigenvalue weighted by molar-refractivity contribution is 6.16. The van der Waals surface area contributed by atoms with Crippen molar-refractivity contribution in [3.05, 3.63) is 181 Å². The largest absolute Gasteiger partial charge is 0.310 e. The summed E-state index contributed by atoms with van der Waals surface area (Å²) in [4.78, 5) is 2.44. The first-order chi connectivity index (χ1) is 24.1. The second kappa shape index (κ2) is 10.4. The molecule has 232 valence electrons. The molecule has 49 heavy (non-hydrogen) atoms. The second-order valence-electron chi connectivity index (χ2n) is 13.8. The Kier molecular flexibility index (Phi) is 5.95. The van der Waals surface area contributed by atoms with Gasteiger partial charge >= 0.3 is 0 Å². The molecule has 0 saturated carbocycles. The van der Waals surface area contributed by atoms with Crippen LogP contribution in [0.2, 0.25) is 0 Å². The van der Waals surface area contributed by atoms with Crippen LogP contribution < -0.4 is 4.90 Å². The lowest BCUT2D eigenvalue weighted by atomic mass is 9.81. The van der Waals surface area contributed by atoms with Gasteiger partial charge in [-0.25, -0.2) is 0 Å². The molecular weight excluding hydrogens is 593 g/mol. The standard InChI is InChI=1S/C47H34N2/c1-47(2)41-22-9-6-19-36(41)40-28-32-27-26-31-14-12-25-45(46(31)39(32)30-42(40)47)48(33-15-4-3-5-16-33)34-17-13-18-35(29-34)49-43-23-10-7-20-37(43)38-21-8-11-24-44(38)49/h3-30H,1-2H3. The van der Waals surface area contributed by atoms with E-state index in [1.807, 2.05) is 0 Å². The van der Waals surface area contributed by atoms with Crippen molar-refractivity contribution < 1.29 is 0 Å². The lowest BCUT2D eigenvalue weighted by Gasteiger charge is -2.28. The van der Waals surface area contributed by atoms with Crippen LogP contribution in [0.5, 0.6) is 0 Å². The normalized spacial score (nSPS) is 13.3. The fraction of sp³-hybridized carbons (Fsp3) is 0.0638. The second-order valence-corrected chi connectivity index (χ2v) is 13.8. The van der Waals surface area contributed by atoms with Crippen molar-refractivity contribution >= 4 is 60.4 Å². The number of hydrogen-bond acceptors (Lipinski definition) is 1. The molecule has 1 aliphatic rings. The summed E-state index contributed by atoms with van der Waals surface area (Å²) < 4.78 is 2.40. The van der Waals surface area contributed by atoms with Crippen LogP contribution in [0.25, 0.3) is 60.2 Å². The van der Waals surface area contributed by atoms with Gasteiger partial charge in [-0.1, -0.05) is 123 Å². The van der Waals surface area contributed by atoms with Crippen molar-refractivity contribution in [2.24, 2.45) is 0 Å². The van der Waals surface area contributed by atoms with Crippen molar-refractivity contribution in [1.82, 2.24) is 4.57 Å². The van der Waals surface area contributed by atoms with Crippen LogP contribution in [-0.2, 0) is 5.41 Å². The molecule has 0 unspecified atom stereocenters. The number of rotatable bonds is 4. The van der Waals surface area contributed by atoms with E-state index in [0.717, 1.165) is 17.1 Å². The molecule has 2 nitrogen and oxygen atoms in total. The Hall–Kier alpha value is -6.12. The van der Waals surface area contributed by atoms with Gasteiger partial charge in [-0.05, 0) is 99.1 Å². The van der Waals surface area contributed by atoms with E-state index in [-0.39, 0.29) is 5.41 Å². The van der Waals surface area contributed by atoms with E-state index in [2.05, 4.69) is 193 Å². The summed E-state index contributed by atoms with van der Waals surface area (Å²) >= 11 is 0. The summed E-state index contributed by atoms with van der Waals surface area (Å²) in [5, 5.41) is 7.58. The SMILES string of the molecule is CC1(C)c2ccccc2-c2cc3ccc4cccc(N(c5ccccc5)c5cccc(-n6c7ccccc7c7ccccc76)c5)c4c3cc21. The fourth-order valence-electron chi connectivity index (χ4n) is 8.45. The molecule has 0 amide bonds. The van der Waals surface area contributed by atoms with Crippen LogP contribution in [0.1, 0.15) is 25.0 Å². The van der Waals surface area contributed by atoms with E-state index in [1.54, 1.807) is 0 Å². The monoisotopic (exact) mass is 626 g/mol. The van der Waals surface area contributed by atoms with Gasteiger partial charge in [0.05, 0.1) is 16.7 Å². The minimum Gasteiger partial charge on any atom is -0.310 e. The highest BCUT2D eigenvalue weighted by Crippen LogP contribution is 2.51. The van der Waals surface area contributed by atoms with E-state index >= 15 is 0 Å². The lowest BCUT2D eigenvalue weighted by molar-refractivity contribution is 0.661. The molecule has 1 aliphatic carbocycles. The predicted molar refractivity (Wildman–Crippen MR) is 208 cm³/mol. The summed E-state index contributed by atoms with van der Waals surface area (Å²) in [7, 11) is 0. The van der Waals surface area contributed by atoms with Crippen LogP contribution in [-0.4, -0.2) is 4.57 Å². The van der Waals surface area contributed by atoms with Crippen molar-refractivity contribution in [2.45, 2.75) is 19.3 Å². The quantitative estimate of drug-likeness (QED) is 0.176. The van der Waals surface area contributed by atoms with Gasteiger partial charge in [0.25, 0.3) is 0 Å². The first kappa shape index (κ1) is 27.9. The lowest BCUT2D eigenvalue weighted by Crippen LogP contribution is -2.15. The Morgan fingerprint density at radius 1 is 0.449 bits per heavy atom. The van der Waals surface area contributed by atoms with E-state index in [4.69, 9.17) is 0 Å². The van der Waals surface area contributed by atoms with E-state index in [1.165, 1.54) is 71.3 Å². The molecule has 0 aliphatic heterocycles. The molecule has 0 atom stereocenters. The van der Waals surface area contributed by atoms with Gasteiger partial charge in [-0.3, -0.25) is 0 Å². The third-order valence-corrected chi connectivity index (χ3v) is 10.7. The summed E-state index contributed by atoms with van der Waals surface area (Å²) in [6.07, 6.45) is 0. The number of anilines is 3. The molecule has 8 aromatic carbocycles. The minimum absolute atomic E-state index is 0.0764. The molecule has 0 radical (unpaired) electrons. The number of hydrogen-bond donors (Lipinski definition) is 0. The topological polar surface area (TPSA) is 8.17 Å². The van der Waals surface area contributed by atoms with Crippen LogP contribution >= 0.6 is 0 Å². The Labute approximate surface area is 286 Å². The van der Waals surface area contributed by atoms with Gasteiger partial charge in [-0.15, -0.1) is 0 Å². The number of aromatic nitrogens is 1. The Morgan fingerprint density at radius 2 is 1.10 bits per heavy atom. The number of benzene rings is 8. The van der Waals surface area contributed by atoms with E-state index in [0.29, 0.717) is 0 Å². The van der Waals surface area contributed by atoms with Crippen LogP contribution in [0.4, 0.5) is 17.1 Å². The van der Waals surface area contributed by atoms with Crippen molar-refractivity contribution in [1.29, 1.82) is 0 Å². The maximum atomic E-state index is 2.48. The third-order valence-electron chi connectivity index (χ3n) is 10.7. The number of para-hydroxylation sites is 3. The molecule has 2 heteroatoms. The van der Waals surface area contributed by atoms with E-state index in [9.17, 15) is 0 Å². The first-order valence-corrected chi connectivity index (χ1v) is 17.1. The van der Waals surface area contributed by atoms with Crippen LogP contribution in [0, 0.1) is 0 Å². The zero-order valence-electron chi connectivity index (χ0n) is 27.6. The average molecular weight is 627 g/mol. The van der Waals surface area contributed by atoms with Gasteiger partial charge in [0.15, 0.2) is 0 Å². The Balaban J connectivity index is 1.24. The zero-order chi connectivity index (χ0) is 32.7. The fourth-order valence-corrected chi connectivity index (χ4v) is 8.45. The summed E-state index contributed by atoms with van der Waals surface area (Å²) in [6, 6.07) is 62.4. The number of fused-ring (bicyclic) bond motifs is 9. The highest BCUT2D eigenvalue weighted by Gasteiger charge is 2.35. The Bertz CT molecular complexity index is 2700. The molecule has 10 rings (SSSR count). The Morgan fingerprint density at radius 3 is 1.90 bits per heavy atom. The third kappa shape index (κ3) is 4.07. The molecular formula is C47H34N2. The molecule has 1 heterocycles. The summed E-state index contributed by atoms with van der Waals surface area (Å²) in [6.45, 7) is 4.73. The van der Waals surface area contributed by atoms with Crippen molar-refractivity contribution in [3.8, 4) is 16.8 Å². The molecule has 0 spiro atoms. The first-order valence-electron chi connectivity index (χ1n) is 17.1. The summed E-state index contributed by atoms with van der Waals surface area (Å²) in [5.41, 5.74) is 12.4. The average Bonchev–Trinajstić information content (AvgIpc) is 3.60. The molecule has 0 bridgehead atoms. The molecule has 9 aromatic rings. The van der Waals surface area contributed by atoms with Gasteiger partial charge in [0, 0.05) is 38.6 Å². The van der Waals surface area contributed by atoms with Gasteiger partial charge in [0.2, 0.25) is 0 Å². The predicted octanol–water partition coefficient (Wildman–Crippen LogP) is 12.9. The molecule has 0 N–H and O–H groups in total. The van der Waals surface area contributed by atoms with Crippen LogP contribution in [0.3, 0.4) is 0 Å². The molecule has 0 saturated heterocycles. The van der Waals surface area contributed by atoms with Crippen LogP contribution in [0.15, 0.2) is 170 Å². The zero-order valence-corrected chi connectivity index (χ0v) is 27.6. The smallest absolute Gasteiger partial charge is 0.0546 e. The maximum absolute atomic E-state index is 2.48. The number of nitrogens with zero attached hydrogens (tertiary/aromatic N) is 2. The van der Waals surface area contributed by atoms with Gasteiger partial charge < -0.3 is 9.47 Å². The van der Waals surface area contributed by atoms with Crippen molar-refractivity contribution in [2.75, 3.05) is 4.90 Å². The molecule has 1 aromatic heterocycles. The van der Waals surface area contributed by atoms with Crippen molar-refractivity contribution in [3.63, 3.8) is 0 Å². The maximum Gasteiger partial charge on any atom is 0.0546 e. The van der Waals surface area contributed by atoms with E-state index < -0.39 is 0 Å². The minimum atomic E-state index is -0.0764.